The lowest BCUT2D eigenvalue weighted by Gasteiger charge is -2.34. The molecule has 0 aliphatic carbocycles. The van der Waals surface area contributed by atoms with Crippen LogP contribution in [0.4, 0.5) is 0 Å². The number of amides is 1. The normalized spacial score (nSPS) is 21.9. The summed E-state index contributed by atoms with van der Waals surface area (Å²) in [5.74, 6) is -0.0950. The minimum absolute atomic E-state index is 0.0950. The first-order chi connectivity index (χ1) is 10.5. The predicted molar refractivity (Wildman–Crippen MR) is 86.1 cm³/mol. The van der Waals surface area contributed by atoms with Crippen molar-refractivity contribution in [1.29, 1.82) is 0 Å². The molecular formula is C16H22N4O2. The molecule has 6 nitrogen and oxygen atoms in total. The van der Waals surface area contributed by atoms with Gasteiger partial charge in [-0.3, -0.25) is 9.36 Å². The zero-order valence-corrected chi connectivity index (χ0v) is 13.0. The Hall–Kier alpha value is -2.08. The number of hydrogen-bond acceptors (Lipinski definition) is 3. The number of carbonyl (C=O) groups is 1. The van der Waals surface area contributed by atoms with E-state index in [-0.39, 0.29) is 17.0 Å². The smallest absolute Gasteiger partial charge is 0.326 e. The lowest BCUT2D eigenvalue weighted by molar-refractivity contribution is 0.0925. The number of aromatic nitrogens is 2. The van der Waals surface area contributed by atoms with E-state index in [1.165, 1.54) is 4.57 Å². The molecule has 0 spiro atoms. The molecule has 22 heavy (non-hydrogen) atoms. The average Bonchev–Trinajstić information content (AvgIpc) is 2.80. The average molecular weight is 302 g/mol. The van der Waals surface area contributed by atoms with Crippen LogP contribution in [0.25, 0.3) is 11.0 Å². The zero-order valence-electron chi connectivity index (χ0n) is 13.0. The number of carbonyl (C=O) groups excluding carboxylic acids is 1. The molecule has 1 saturated heterocycles. The first kappa shape index (κ1) is 14.8. The van der Waals surface area contributed by atoms with E-state index in [1.807, 2.05) is 0 Å². The third-order valence-corrected chi connectivity index (χ3v) is 4.53. The van der Waals surface area contributed by atoms with Crippen molar-refractivity contribution < 1.29 is 4.79 Å². The van der Waals surface area contributed by atoms with Gasteiger partial charge < -0.3 is 15.6 Å². The van der Waals surface area contributed by atoms with E-state index < -0.39 is 0 Å². The van der Waals surface area contributed by atoms with E-state index in [0.29, 0.717) is 12.1 Å². The Labute approximate surface area is 128 Å². The number of hydrogen-bond donors (Lipinski definition) is 3. The van der Waals surface area contributed by atoms with Crippen LogP contribution >= 0.6 is 0 Å². The van der Waals surface area contributed by atoms with Crippen molar-refractivity contribution in [2.45, 2.75) is 19.8 Å². The monoisotopic (exact) mass is 302 g/mol. The van der Waals surface area contributed by atoms with Crippen LogP contribution in [-0.4, -0.2) is 35.1 Å². The maximum Gasteiger partial charge on any atom is 0.326 e. The van der Waals surface area contributed by atoms with E-state index in [0.717, 1.165) is 37.0 Å². The summed E-state index contributed by atoms with van der Waals surface area (Å²) < 4.78 is 1.51. The van der Waals surface area contributed by atoms with Crippen molar-refractivity contribution in [2.24, 2.45) is 12.5 Å². The van der Waals surface area contributed by atoms with Gasteiger partial charge in [0.15, 0.2) is 0 Å². The second-order valence-corrected chi connectivity index (χ2v) is 6.49. The number of aromatic amines is 1. The summed E-state index contributed by atoms with van der Waals surface area (Å²) in [6, 6.07) is 5.27. The third-order valence-electron chi connectivity index (χ3n) is 4.53. The minimum atomic E-state index is -0.173. The third kappa shape index (κ3) is 2.78. The Bertz CT molecular complexity index is 753. The summed E-state index contributed by atoms with van der Waals surface area (Å²) in [4.78, 5) is 26.7. The zero-order chi connectivity index (χ0) is 15.7. The summed E-state index contributed by atoms with van der Waals surface area (Å²) in [6.07, 6.45) is 2.26. The molecule has 1 unspecified atom stereocenters. The van der Waals surface area contributed by atoms with Crippen molar-refractivity contribution in [3.05, 3.63) is 34.2 Å². The van der Waals surface area contributed by atoms with Gasteiger partial charge in [-0.1, -0.05) is 6.92 Å². The Kier molecular flexibility index (Phi) is 3.78. The van der Waals surface area contributed by atoms with Gasteiger partial charge in [-0.2, -0.15) is 0 Å². The van der Waals surface area contributed by atoms with E-state index in [1.54, 1.807) is 25.2 Å². The highest BCUT2D eigenvalue weighted by atomic mass is 16.2. The molecular weight excluding hydrogens is 280 g/mol. The van der Waals surface area contributed by atoms with Crippen LogP contribution in [0, 0.1) is 5.41 Å². The van der Waals surface area contributed by atoms with E-state index in [2.05, 4.69) is 22.5 Å². The lowest BCUT2D eigenvalue weighted by atomic mass is 9.83. The Morgan fingerprint density at radius 1 is 1.45 bits per heavy atom. The quantitative estimate of drug-likeness (QED) is 0.791. The second-order valence-electron chi connectivity index (χ2n) is 6.49. The first-order valence-electron chi connectivity index (χ1n) is 7.66. The molecule has 1 atom stereocenters. The van der Waals surface area contributed by atoms with Crippen molar-refractivity contribution >= 4 is 16.9 Å². The topological polar surface area (TPSA) is 78.9 Å². The lowest BCUT2D eigenvalue weighted by Crippen LogP contribution is -2.45. The van der Waals surface area contributed by atoms with Gasteiger partial charge in [-0.15, -0.1) is 0 Å². The molecule has 0 radical (unpaired) electrons. The van der Waals surface area contributed by atoms with Crippen molar-refractivity contribution in [1.82, 2.24) is 20.2 Å². The van der Waals surface area contributed by atoms with Gasteiger partial charge in [-0.25, -0.2) is 4.79 Å². The fourth-order valence-corrected chi connectivity index (χ4v) is 3.03. The molecule has 2 heterocycles. The fraction of sp³-hybridized carbons (Fsp3) is 0.500. The van der Waals surface area contributed by atoms with Crippen LogP contribution in [0.5, 0.6) is 0 Å². The number of benzene rings is 1. The number of aryl methyl sites for hydroxylation is 1. The standard InChI is InChI=1S/C16H22N4O2/c1-16(6-3-7-17-9-16)10-18-14(21)11-4-5-12-13(8-11)20(2)15(22)19-12/h4-5,8,17H,3,6-7,9-10H2,1-2H3,(H,18,21)(H,19,22). The van der Waals surface area contributed by atoms with Crippen LogP contribution in [-0.2, 0) is 7.05 Å². The molecule has 3 N–H and O–H groups in total. The highest BCUT2D eigenvalue weighted by Gasteiger charge is 2.27. The highest BCUT2D eigenvalue weighted by molar-refractivity contribution is 5.97. The van der Waals surface area contributed by atoms with E-state index >= 15 is 0 Å². The largest absolute Gasteiger partial charge is 0.351 e. The summed E-state index contributed by atoms with van der Waals surface area (Å²) in [7, 11) is 1.69. The van der Waals surface area contributed by atoms with Gasteiger partial charge in [0.1, 0.15) is 0 Å². The molecule has 1 aromatic heterocycles. The number of nitrogens with zero attached hydrogens (tertiary/aromatic N) is 1. The SMILES string of the molecule is Cn1c(=O)[nH]c2ccc(C(=O)NCC3(C)CCCNC3)cc21. The molecule has 1 aliphatic rings. The molecule has 6 heteroatoms. The molecule has 118 valence electrons. The molecule has 0 bridgehead atoms. The summed E-state index contributed by atoms with van der Waals surface area (Å²) in [5, 5.41) is 6.40. The second kappa shape index (κ2) is 5.61. The maximum atomic E-state index is 12.4. The Morgan fingerprint density at radius 2 is 2.27 bits per heavy atom. The fourth-order valence-electron chi connectivity index (χ4n) is 3.03. The molecule has 1 aromatic carbocycles. The van der Waals surface area contributed by atoms with E-state index in [9.17, 15) is 9.59 Å². The van der Waals surface area contributed by atoms with Crippen molar-refractivity contribution in [3.63, 3.8) is 0 Å². The van der Waals surface area contributed by atoms with Crippen molar-refractivity contribution in [3.8, 4) is 0 Å². The number of piperidine rings is 1. The summed E-state index contributed by atoms with van der Waals surface area (Å²) in [6.45, 7) is 4.84. The maximum absolute atomic E-state index is 12.4. The van der Waals surface area contributed by atoms with Crippen LogP contribution < -0.4 is 16.3 Å². The van der Waals surface area contributed by atoms with E-state index in [4.69, 9.17) is 0 Å². The summed E-state index contributed by atoms with van der Waals surface area (Å²) >= 11 is 0. The van der Waals surface area contributed by atoms with Crippen LogP contribution in [0.1, 0.15) is 30.1 Å². The Balaban J connectivity index is 1.74. The molecule has 1 amide bonds. The Morgan fingerprint density at radius 3 is 3.00 bits per heavy atom. The number of rotatable bonds is 3. The van der Waals surface area contributed by atoms with Gasteiger partial charge >= 0.3 is 5.69 Å². The van der Waals surface area contributed by atoms with Gasteiger partial charge in [0.05, 0.1) is 11.0 Å². The molecule has 3 rings (SSSR count). The number of fused-ring (bicyclic) bond motifs is 1. The number of H-pyrrole nitrogens is 1. The van der Waals surface area contributed by atoms with Crippen LogP contribution in [0.2, 0.25) is 0 Å². The molecule has 2 aromatic rings. The predicted octanol–water partition coefficient (Wildman–Crippen LogP) is 0.986. The molecule has 1 aliphatic heterocycles. The van der Waals surface area contributed by atoms with Crippen LogP contribution in [0.15, 0.2) is 23.0 Å². The molecule has 0 saturated carbocycles. The van der Waals surface area contributed by atoms with Gasteiger partial charge in [0.25, 0.3) is 5.91 Å². The molecule has 1 fully saturated rings. The van der Waals surface area contributed by atoms with Gasteiger partial charge in [-0.05, 0) is 43.0 Å². The van der Waals surface area contributed by atoms with Crippen LogP contribution in [0.3, 0.4) is 0 Å². The van der Waals surface area contributed by atoms with Gasteiger partial charge in [0, 0.05) is 25.7 Å². The minimum Gasteiger partial charge on any atom is -0.351 e. The highest BCUT2D eigenvalue weighted by Crippen LogP contribution is 2.24. The van der Waals surface area contributed by atoms with Crippen molar-refractivity contribution in [2.75, 3.05) is 19.6 Å². The summed E-state index contributed by atoms with van der Waals surface area (Å²) in [5.41, 5.74) is 2.00. The number of imidazole rings is 1. The van der Waals surface area contributed by atoms with Gasteiger partial charge in [0.2, 0.25) is 0 Å². The number of nitrogens with one attached hydrogen (secondary N) is 3. The first-order valence-corrected chi connectivity index (χ1v) is 7.66.